The third-order valence-corrected chi connectivity index (χ3v) is 3.96. The summed E-state index contributed by atoms with van der Waals surface area (Å²) >= 11 is 0. The quantitative estimate of drug-likeness (QED) is 0.769. The largest absolute Gasteiger partial charge is 0.507 e. The van der Waals surface area contributed by atoms with Crippen molar-refractivity contribution < 1.29 is 9.84 Å². The Bertz CT molecular complexity index is 488. The summed E-state index contributed by atoms with van der Waals surface area (Å²) in [6.07, 6.45) is 7.81. The van der Waals surface area contributed by atoms with Crippen molar-refractivity contribution in [3.05, 3.63) is 34.9 Å². The molecular formula is C18H26O2. The minimum atomic E-state index is 0.293. The minimum absolute atomic E-state index is 0.293. The van der Waals surface area contributed by atoms with Crippen LogP contribution in [0.25, 0.3) is 0 Å². The highest BCUT2D eigenvalue weighted by atomic mass is 16.5. The first kappa shape index (κ1) is 15.0. The van der Waals surface area contributed by atoms with Crippen LogP contribution in [-0.2, 0) is 6.42 Å². The summed E-state index contributed by atoms with van der Waals surface area (Å²) in [5.41, 5.74) is 3.56. The number of hydrogen-bond acceptors (Lipinski definition) is 2. The van der Waals surface area contributed by atoms with Crippen LogP contribution >= 0.6 is 0 Å². The molecule has 0 radical (unpaired) electrons. The van der Waals surface area contributed by atoms with E-state index in [1.54, 1.807) is 0 Å². The highest BCUT2D eigenvalue weighted by Gasteiger charge is 2.22. The lowest BCUT2D eigenvalue weighted by Crippen LogP contribution is -2.06. The topological polar surface area (TPSA) is 29.5 Å². The molecule has 0 aromatic heterocycles. The summed E-state index contributed by atoms with van der Waals surface area (Å²) in [6.45, 7) is 6.96. The van der Waals surface area contributed by atoms with Crippen LogP contribution in [-0.4, -0.2) is 11.7 Å². The summed E-state index contributed by atoms with van der Waals surface area (Å²) in [7, 11) is 0. The van der Waals surface area contributed by atoms with Gasteiger partial charge in [-0.25, -0.2) is 0 Å². The molecule has 2 heteroatoms. The maximum Gasteiger partial charge on any atom is 0.127 e. The second-order valence-electron chi connectivity index (χ2n) is 5.72. The Morgan fingerprint density at radius 3 is 2.75 bits per heavy atom. The SMILES string of the molecule is CCCc1cc(O)c(C2C=C(C)CCC2)c(OCC)c1. The molecule has 0 bridgehead atoms. The van der Waals surface area contributed by atoms with Crippen LogP contribution in [0.5, 0.6) is 11.5 Å². The molecule has 20 heavy (non-hydrogen) atoms. The fraction of sp³-hybridized carbons (Fsp3) is 0.556. The van der Waals surface area contributed by atoms with Gasteiger partial charge in [-0.2, -0.15) is 0 Å². The van der Waals surface area contributed by atoms with Crippen molar-refractivity contribution in [3.63, 3.8) is 0 Å². The highest BCUT2D eigenvalue weighted by Crippen LogP contribution is 2.42. The molecule has 0 aliphatic heterocycles. The number of ether oxygens (including phenoxy) is 1. The van der Waals surface area contributed by atoms with E-state index < -0.39 is 0 Å². The van der Waals surface area contributed by atoms with Crippen LogP contribution in [0, 0.1) is 0 Å². The van der Waals surface area contributed by atoms with E-state index in [9.17, 15) is 5.11 Å². The fourth-order valence-electron chi connectivity index (χ4n) is 3.09. The van der Waals surface area contributed by atoms with Crippen LogP contribution < -0.4 is 4.74 Å². The van der Waals surface area contributed by atoms with Gasteiger partial charge in [0, 0.05) is 11.5 Å². The molecule has 2 nitrogen and oxygen atoms in total. The first-order valence-electron chi connectivity index (χ1n) is 7.81. The zero-order valence-corrected chi connectivity index (χ0v) is 12.9. The minimum Gasteiger partial charge on any atom is -0.507 e. The molecule has 1 atom stereocenters. The van der Waals surface area contributed by atoms with E-state index >= 15 is 0 Å². The van der Waals surface area contributed by atoms with E-state index in [2.05, 4.69) is 26.0 Å². The van der Waals surface area contributed by atoms with E-state index in [-0.39, 0.29) is 0 Å². The molecule has 1 aromatic rings. The number of aryl methyl sites for hydroxylation is 1. The predicted octanol–water partition coefficient (Wildman–Crippen LogP) is 4.96. The number of aromatic hydroxyl groups is 1. The van der Waals surface area contributed by atoms with Gasteiger partial charge in [0.15, 0.2) is 0 Å². The van der Waals surface area contributed by atoms with Crippen LogP contribution in [0.4, 0.5) is 0 Å². The Morgan fingerprint density at radius 1 is 1.30 bits per heavy atom. The second kappa shape index (κ2) is 6.83. The van der Waals surface area contributed by atoms with Gasteiger partial charge in [0.2, 0.25) is 0 Å². The Kier molecular flexibility index (Phi) is 5.11. The maximum atomic E-state index is 10.5. The van der Waals surface area contributed by atoms with E-state index in [1.807, 2.05) is 13.0 Å². The average Bonchev–Trinajstić information content (AvgIpc) is 2.39. The lowest BCUT2D eigenvalue weighted by atomic mass is 9.84. The number of hydrogen-bond donors (Lipinski definition) is 1. The van der Waals surface area contributed by atoms with Gasteiger partial charge in [-0.1, -0.05) is 25.0 Å². The molecule has 1 aromatic carbocycles. The number of benzene rings is 1. The summed E-state index contributed by atoms with van der Waals surface area (Å²) in [4.78, 5) is 0. The first-order chi connectivity index (χ1) is 9.65. The first-order valence-corrected chi connectivity index (χ1v) is 7.81. The van der Waals surface area contributed by atoms with Crippen molar-refractivity contribution >= 4 is 0 Å². The lowest BCUT2D eigenvalue weighted by molar-refractivity contribution is 0.329. The van der Waals surface area contributed by atoms with E-state index in [0.717, 1.165) is 36.1 Å². The third kappa shape index (κ3) is 3.36. The molecule has 1 aliphatic carbocycles. The van der Waals surface area contributed by atoms with Gasteiger partial charge in [0.25, 0.3) is 0 Å². The number of allylic oxidation sites excluding steroid dienone is 2. The van der Waals surface area contributed by atoms with Gasteiger partial charge < -0.3 is 9.84 Å². The molecule has 1 N–H and O–H groups in total. The van der Waals surface area contributed by atoms with Gasteiger partial charge in [-0.15, -0.1) is 0 Å². The zero-order valence-electron chi connectivity index (χ0n) is 12.9. The zero-order chi connectivity index (χ0) is 14.5. The Labute approximate surface area is 122 Å². The van der Waals surface area contributed by atoms with Crippen molar-refractivity contribution in [2.75, 3.05) is 6.61 Å². The maximum absolute atomic E-state index is 10.5. The normalized spacial score (nSPS) is 18.8. The summed E-state index contributed by atoms with van der Waals surface area (Å²) in [5, 5.41) is 10.5. The molecule has 0 saturated heterocycles. The Hall–Kier alpha value is -1.44. The van der Waals surface area contributed by atoms with E-state index in [1.165, 1.54) is 18.4 Å². The lowest BCUT2D eigenvalue weighted by Gasteiger charge is -2.23. The molecule has 1 unspecified atom stereocenters. The van der Waals surface area contributed by atoms with Crippen LogP contribution in [0.15, 0.2) is 23.8 Å². The molecule has 1 aliphatic rings. The molecular weight excluding hydrogens is 248 g/mol. The van der Waals surface area contributed by atoms with Gasteiger partial charge in [-0.3, -0.25) is 0 Å². The number of rotatable bonds is 5. The molecule has 110 valence electrons. The van der Waals surface area contributed by atoms with Crippen molar-refractivity contribution in [2.24, 2.45) is 0 Å². The standard InChI is InChI=1S/C18H26O2/c1-4-7-14-11-16(19)18(17(12-14)20-5-2)15-9-6-8-13(3)10-15/h10-12,15,19H,4-9H2,1-3H3. The summed E-state index contributed by atoms with van der Waals surface area (Å²) in [5.74, 6) is 1.56. The number of phenolic OH excluding ortho intramolecular Hbond substituents is 1. The van der Waals surface area contributed by atoms with Crippen molar-refractivity contribution in [2.45, 2.75) is 58.8 Å². The Morgan fingerprint density at radius 2 is 2.10 bits per heavy atom. The monoisotopic (exact) mass is 274 g/mol. The molecule has 0 saturated carbocycles. The Balaban J connectivity index is 2.42. The van der Waals surface area contributed by atoms with Crippen molar-refractivity contribution in [1.29, 1.82) is 0 Å². The molecule has 0 heterocycles. The average molecular weight is 274 g/mol. The second-order valence-corrected chi connectivity index (χ2v) is 5.72. The van der Waals surface area contributed by atoms with Crippen LogP contribution in [0.2, 0.25) is 0 Å². The van der Waals surface area contributed by atoms with E-state index in [4.69, 9.17) is 4.74 Å². The highest BCUT2D eigenvalue weighted by molar-refractivity contribution is 5.51. The molecule has 0 spiro atoms. The van der Waals surface area contributed by atoms with Gasteiger partial charge >= 0.3 is 0 Å². The summed E-state index contributed by atoms with van der Waals surface area (Å²) in [6, 6.07) is 4.03. The summed E-state index contributed by atoms with van der Waals surface area (Å²) < 4.78 is 5.80. The van der Waals surface area contributed by atoms with Gasteiger partial charge in [0.05, 0.1) is 6.61 Å². The van der Waals surface area contributed by atoms with Crippen molar-refractivity contribution in [3.8, 4) is 11.5 Å². The van der Waals surface area contributed by atoms with Crippen LogP contribution in [0.1, 0.15) is 63.5 Å². The smallest absolute Gasteiger partial charge is 0.127 e. The third-order valence-electron chi connectivity index (χ3n) is 3.96. The predicted molar refractivity (Wildman–Crippen MR) is 83.6 cm³/mol. The van der Waals surface area contributed by atoms with E-state index in [0.29, 0.717) is 18.3 Å². The van der Waals surface area contributed by atoms with Crippen LogP contribution in [0.3, 0.4) is 0 Å². The van der Waals surface area contributed by atoms with Gasteiger partial charge in [0.1, 0.15) is 11.5 Å². The number of phenols is 1. The van der Waals surface area contributed by atoms with Crippen molar-refractivity contribution in [1.82, 2.24) is 0 Å². The molecule has 0 fully saturated rings. The fourth-order valence-corrected chi connectivity index (χ4v) is 3.09. The molecule has 2 rings (SSSR count). The molecule has 0 amide bonds. The van der Waals surface area contributed by atoms with Gasteiger partial charge in [-0.05, 0) is 57.2 Å².